The average molecular weight is 210 g/mol. The molecule has 0 amide bonds. The highest BCUT2D eigenvalue weighted by atomic mass is 15.2. The molecule has 0 bridgehead atoms. The van der Waals surface area contributed by atoms with E-state index in [2.05, 4.69) is 24.1 Å². The quantitative estimate of drug-likeness (QED) is 0.768. The van der Waals surface area contributed by atoms with Gasteiger partial charge in [0, 0.05) is 18.6 Å². The molecule has 2 heteroatoms. The zero-order valence-electron chi connectivity index (χ0n) is 10.3. The fraction of sp³-hybridized carbons (Fsp3) is 1.00. The van der Waals surface area contributed by atoms with Crippen molar-refractivity contribution in [2.75, 3.05) is 19.6 Å². The number of rotatable bonds is 3. The summed E-state index contributed by atoms with van der Waals surface area (Å²) in [6.45, 7) is 8.61. The Bertz CT molecular complexity index is 193. The Balaban J connectivity index is 1.79. The highest BCUT2D eigenvalue weighted by Gasteiger charge is 2.29. The minimum absolute atomic E-state index is 0.731. The van der Waals surface area contributed by atoms with E-state index in [1.54, 1.807) is 0 Å². The van der Waals surface area contributed by atoms with Crippen molar-refractivity contribution in [3.8, 4) is 0 Å². The van der Waals surface area contributed by atoms with Gasteiger partial charge in [0.2, 0.25) is 0 Å². The molecule has 0 radical (unpaired) electrons. The van der Waals surface area contributed by atoms with Crippen molar-refractivity contribution in [2.45, 2.75) is 58.0 Å². The first kappa shape index (κ1) is 11.4. The van der Waals surface area contributed by atoms with Crippen LogP contribution in [0.3, 0.4) is 0 Å². The van der Waals surface area contributed by atoms with Crippen LogP contribution in [-0.2, 0) is 0 Å². The second kappa shape index (κ2) is 5.31. The highest BCUT2D eigenvalue weighted by molar-refractivity contribution is 4.86. The van der Waals surface area contributed by atoms with E-state index in [4.69, 9.17) is 0 Å². The van der Waals surface area contributed by atoms with E-state index in [-0.39, 0.29) is 0 Å². The third-order valence-electron chi connectivity index (χ3n) is 4.13. The number of hydrogen-bond donors (Lipinski definition) is 1. The number of nitrogens with zero attached hydrogens (tertiary/aromatic N) is 1. The van der Waals surface area contributed by atoms with Crippen LogP contribution in [0.2, 0.25) is 0 Å². The minimum Gasteiger partial charge on any atom is -0.314 e. The Labute approximate surface area is 94.4 Å². The molecule has 88 valence electrons. The molecule has 2 fully saturated rings. The van der Waals surface area contributed by atoms with Crippen LogP contribution in [0.1, 0.15) is 46.0 Å². The van der Waals surface area contributed by atoms with Crippen LogP contribution >= 0.6 is 0 Å². The number of hydrogen-bond acceptors (Lipinski definition) is 2. The van der Waals surface area contributed by atoms with Crippen molar-refractivity contribution in [2.24, 2.45) is 5.92 Å². The first-order valence-corrected chi connectivity index (χ1v) is 6.77. The molecule has 2 saturated heterocycles. The van der Waals surface area contributed by atoms with Gasteiger partial charge in [0.15, 0.2) is 0 Å². The summed E-state index contributed by atoms with van der Waals surface area (Å²) >= 11 is 0. The Hall–Kier alpha value is -0.0800. The normalized spacial score (nSPS) is 38.4. The molecule has 1 N–H and O–H groups in total. The van der Waals surface area contributed by atoms with Crippen LogP contribution in [0.4, 0.5) is 0 Å². The second-order valence-electron chi connectivity index (χ2n) is 5.47. The van der Waals surface area contributed by atoms with E-state index in [1.807, 2.05) is 0 Å². The molecule has 2 aliphatic heterocycles. The average Bonchev–Trinajstić information content (AvgIpc) is 2.67. The number of likely N-dealkylation sites (tertiary alicyclic amines) is 1. The van der Waals surface area contributed by atoms with E-state index in [9.17, 15) is 0 Å². The van der Waals surface area contributed by atoms with Gasteiger partial charge in [-0.3, -0.25) is 4.90 Å². The Morgan fingerprint density at radius 2 is 2.20 bits per heavy atom. The maximum absolute atomic E-state index is 3.55. The summed E-state index contributed by atoms with van der Waals surface area (Å²) in [6, 6.07) is 1.61. The van der Waals surface area contributed by atoms with Gasteiger partial charge in [-0.2, -0.15) is 0 Å². The molecule has 0 aromatic carbocycles. The van der Waals surface area contributed by atoms with Crippen LogP contribution < -0.4 is 5.32 Å². The van der Waals surface area contributed by atoms with Crippen molar-refractivity contribution >= 4 is 0 Å². The third-order valence-corrected chi connectivity index (χ3v) is 4.13. The molecule has 2 nitrogen and oxygen atoms in total. The minimum atomic E-state index is 0.731. The number of nitrogens with one attached hydrogen (secondary N) is 1. The molecule has 0 aromatic heterocycles. The molecule has 0 saturated carbocycles. The maximum Gasteiger partial charge on any atom is 0.0122 e. The topological polar surface area (TPSA) is 15.3 Å². The second-order valence-corrected chi connectivity index (χ2v) is 5.47. The largest absolute Gasteiger partial charge is 0.314 e. The summed E-state index contributed by atoms with van der Waals surface area (Å²) < 4.78 is 0. The molecular weight excluding hydrogens is 184 g/mol. The van der Waals surface area contributed by atoms with Crippen molar-refractivity contribution < 1.29 is 0 Å². The summed E-state index contributed by atoms with van der Waals surface area (Å²) in [4.78, 5) is 2.76. The lowest BCUT2D eigenvalue weighted by atomic mass is 9.99. The molecule has 0 spiro atoms. The van der Waals surface area contributed by atoms with Gasteiger partial charge in [0.25, 0.3) is 0 Å². The maximum atomic E-state index is 3.55. The molecule has 15 heavy (non-hydrogen) atoms. The SMILES string of the molecule is CCCC1CCN(C2CCNC(C)C2)C1. The van der Waals surface area contributed by atoms with E-state index < -0.39 is 0 Å². The molecule has 0 aliphatic carbocycles. The molecule has 2 rings (SSSR count). The van der Waals surface area contributed by atoms with Gasteiger partial charge in [-0.15, -0.1) is 0 Å². The van der Waals surface area contributed by atoms with E-state index >= 15 is 0 Å². The molecule has 0 aromatic rings. The predicted molar refractivity (Wildman–Crippen MR) is 65.1 cm³/mol. The van der Waals surface area contributed by atoms with Crippen LogP contribution in [0, 0.1) is 5.92 Å². The van der Waals surface area contributed by atoms with Gasteiger partial charge in [0.05, 0.1) is 0 Å². The summed E-state index contributed by atoms with van der Waals surface area (Å²) in [5.74, 6) is 1.00. The first-order valence-electron chi connectivity index (χ1n) is 6.77. The van der Waals surface area contributed by atoms with Gasteiger partial charge in [0.1, 0.15) is 0 Å². The smallest absolute Gasteiger partial charge is 0.0122 e. The van der Waals surface area contributed by atoms with Gasteiger partial charge in [-0.1, -0.05) is 13.3 Å². The summed E-state index contributed by atoms with van der Waals surface area (Å²) in [5.41, 5.74) is 0. The zero-order chi connectivity index (χ0) is 10.7. The summed E-state index contributed by atoms with van der Waals surface area (Å²) in [7, 11) is 0. The van der Waals surface area contributed by atoms with Crippen LogP contribution in [0.25, 0.3) is 0 Å². The van der Waals surface area contributed by atoms with E-state index in [0.29, 0.717) is 0 Å². The van der Waals surface area contributed by atoms with Gasteiger partial charge >= 0.3 is 0 Å². The summed E-state index contributed by atoms with van der Waals surface area (Å²) in [5, 5.41) is 3.55. The Morgan fingerprint density at radius 1 is 1.33 bits per heavy atom. The number of piperidine rings is 1. The molecular formula is C13H26N2. The lowest BCUT2D eigenvalue weighted by Crippen LogP contribution is -2.46. The fourth-order valence-corrected chi connectivity index (χ4v) is 3.28. The van der Waals surface area contributed by atoms with E-state index in [0.717, 1.165) is 18.0 Å². The van der Waals surface area contributed by atoms with Gasteiger partial charge < -0.3 is 5.32 Å². The van der Waals surface area contributed by atoms with Crippen molar-refractivity contribution in [1.82, 2.24) is 10.2 Å². The lowest BCUT2D eigenvalue weighted by Gasteiger charge is -2.34. The molecule has 2 aliphatic rings. The summed E-state index contributed by atoms with van der Waals surface area (Å²) in [6.07, 6.45) is 6.98. The molecule has 3 unspecified atom stereocenters. The van der Waals surface area contributed by atoms with Gasteiger partial charge in [-0.05, 0) is 51.6 Å². The van der Waals surface area contributed by atoms with E-state index in [1.165, 1.54) is 51.7 Å². The van der Waals surface area contributed by atoms with Gasteiger partial charge in [-0.25, -0.2) is 0 Å². The Kier molecular flexibility index (Phi) is 4.04. The predicted octanol–water partition coefficient (Wildman–Crippen LogP) is 2.25. The van der Waals surface area contributed by atoms with Crippen molar-refractivity contribution in [3.63, 3.8) is 0 Å². The van der Waals surface area contributed by atoms with Crippen LogP contribution in [0.15, 0.2) is 0 Å². The molecule has 3 atom stereocenters. The van der Waals surface area contributed by atoms with Crippen molar-refractivity contribution in [1.29, 1.82) is 0 Å². The highest BCUT2D eigenvalue weighted by Crippen LogP contribution is 2.26. The first-order chi connectivity index (χ1) is 7.29. The standard InChI is InChI=1S/C13H26N2/c1-3-4-12-6-8-15(10-12)13-5-7-14-11(2)9-13/h11-14H,3-10H2,1-2H3. The van der Waals surface area contributed by atoms with Crippen LogP contribution in [-0.4, -0.2) is 36.6 Å². The third kappa shape index (κ3) is 2.94. The fourth-order valence-electron chi connectivity index (χ4n) is 3.28. The van der Waals surface area contributed by atoms with Crippen LogP contribution in [0.5, 0.6) is 0 Å². The zero-order valence-corrected chi connectivity index (χ0v) is 10.3. The lowest BCUT2D eigenvalue weighted by molar-refractivity contribution is 0.172. The molecule has 2 heterocycles. The Morgan fingerprint density at radius 3 is 2.93 bits per heavy atom. The van der Waals surface area contributed by atoms with Crippen molar-refractivity contribution in [3.05, 3.63) is 0 Å². The monoisotopic (exact) mass is 210 g/mol.